The van der Waals surface area contributed by atoms with Crippen molar-refractivity contribution in [1.82, 2.24) is 9.78 Å². The van der Waals surface area contributed by atoms with Gasteiger partial charge in [0.25, 0.3) is 0 Å². The summed E-state index contributed by atoms with van der Waals surface area (Å²) in [6.45, 7) is -1.61. The molecule has 1 heterocycles. The molecule has 0 radical (unpaired) electrons. The van der Waals surface area contributed by atoms with Gasteiger partial charge in [0.2, 0.25) is 0 Å². The maximum absolute atomic E-state index is 12.3. The van der Waals surface area contributed by atoms with E-state index in [9.17, 15) is 12.9 Å². The SMILES string of the molecule is CCn1ncc(C)c1[B-](F)(F)F. The molecule has 2 nitrogen and oxygen atoms in total. The smallest absolute Gasteiger partial charge is 0.444 e. The van der Waals surface area contributed by atoms with Crippen LogP contribution in [0.15, 0.2) is 6.20 Å². The van der Waals surface area contributed by atoms with Gasteiger partial charge in [0.15, 0.2) is 0 Å². The third-order valence-electron chi connectivity index (χ3n) is 1.68. The Bertz CT molecular complexity index is 279. The van der Waals surface area contributed by atoms with E-state index >= 15 is 0 Å². The fraction of sp³-hybridized carbons (Fsp3) is 0.500. The van der Waals surface area contributed by atoms with Crippen LogP contribution in [0.25, 0.3) is 0 Å². The fourth-order valence-corrected chi connectivity index (χ4v) is 1.17. The van der Waals surface area contributed by atoms with Crippen molar-refractivity contribution in [2.75, 3.05) is 0 Å². The molecule has 0 aliphatic rings. The first-order valence-electron chi connectivity index (χ1n) is 3.69. The van der Waals surface area contributed by atoms with Gasteiger partial charge < -0.3 is 12.9 Å². The highest BCUT2D eigenvalue weighted by Gasteiger charge is 2.31. The van der Waals surface area contributed by atoms with Crippen LogP contribution >= 0.6 is 0 Å². The second kappa shape index (κ2) is 2.84. The molecule has 0 aliphatic heterocycles. The molecule has 0 spiro atoms. The Labute approximate surface area is 68.4 Å². The molecule has 1 rings (SSSR count). The van der Waals surface area contributed by atoms with E-state index in [4.69, 9.17) is 0 Å². The topological polar surface area (TPSA) is 17.8 Å². The lowest BCUT2D eigenvalue weighted by molar-refractivity contribution is 0.488. The lowest BCUT2D eigenvalue weighted by Crippen LogP contribution is -2.41. The van der Waals surface area contributed by atoms with Gasteiger partial charge in [-0.2, -0.15) is 5.10 Å². The summed E-state index contributed by atoms with van der Waals surface area (Å²) in [5.41, 5.74) is -0.387. The minimum Gasteiger partial charge on any atom is -0.444 e. The molecule has 68 valence electrons. The van der Waals surface area contributed by atoms with Crippen LogP contribution in [-0.2, 0) is 6.54 Å². The third kappa shape index (κ3) is 1.46. The number of hydrogen-bond donors (Lipinski definition) is 0. The van der Waals surface area contributed by atoms with Crippen LogP contribution in [0.3, 0.4) is 0 Å². The quantitative estimate of drug-likeness (QED) is 0.621. The molecule has 6 heteroatoms. The normalized spacial score (nSPS) is 12.1. The van der Waals surface area contributed by atoms with Gasteiger partial charge >= 0.3 is 6.98 Å². The van der Waals surface area contributed by atoms with Gasteiger partial charge in [0.1, 0.15) is 0 Å². The van der Waals surface area contributed by atoms with Gasteiger partial charge in [0.05, 0.1) is 0 Å². The molecular weight excluding hydrogens is 168 g/mol. The summed E-state index contributed by atoms with van der Waals surface area (Å²) in [6, 6.07) is 0. The maximum atomic E-state index is 12.3. The minimum absolute atomic E-state index is 0.198. The second-order valence-corrected chi connectivity index (χ2v) is 2.60. The lowest BCUT2D eigenvalue weighted by Gasteiger charge is -2.17. The average Bonchev–Trinajstić information content (AvgIpc) is 2.29. The number of halogens is 3. The van der Waals surface area contributed by atoms with Crippen LogP contribution in [0.4, 0.5) is 12.9 Å². The first-order valence-corrected chi connectivity index (χ1v) is 3.69. The van der Waals surface area contributed by atoms with E-state index in [0.717, 1.165) is 4.68 Å². The number of aromatic nitrogens is 2. The molecule has 0 bridgehead atoms. The molecule has 1 aromatic rings. The van der Waals surface area contributed by atoms with Crippen molar-refractivity contribution in [1.29, 1.82) is 0 Å². The zero-order valence-electron chi connectivity index (χ0n) is 6.89. The van der Waals surface area contributed by atoms with Crippen molar-refractivity contribution in [3.63, 3.8) is 0 Å². The summed E-state index contributed by atoms with van der Waals surface area (Å²) in [5, 5.41) is 3.61. The van der Waals surface area contributed by atoms with Crippen molar-refractivity contribution >= 4 is 12.6 Å². The van der Waals surface area contributed by atoms with E-state index in [0.29, 0.717) is 0 Å². The molecule has 12 heavy (non-hydrogen) atoms. The first-order chi connectivity index (χ1) is 5.46. The highest BCUT2D eigenvalue weighted by Crippen LogP contribution is 2.11. The average molecular weight is 177 g/mol. The standard InChI is InChI=1S/C6H9BF3N2/c1-3-12-6(7(8,9)10)5(2)4-11-12/h4H,3H2,1-2H3/q-1. The van der Waals surface area contributed by atoms with Gasteiger partial charge in [-0.15, -0.1) is 0 Å². The van der Waals surface area contributed by atoms with Crippen LogP contribution in [-0.4, -0.2) is 16.8 Å². The summed E-state index contributed by atoms with van der Waals surface area (Å²) >= 11 is 0. The molecule has 0 N–H and O–H groups in total. The fourth-order valence-electron chi connectivity index (χ4n) is 1.17. The predicted octanol–water partition coefficient (Wildman–Crippen LogP) is 1.27. The lowest BCUT2D eigenvalue weighted by atomic mass is 9.83. The maximum Gasteiger partial charge on any atom is 0.527 e. The molecule has 0 aromatic carbocycles. The number of hydrogen-bond acceptors (Lipinski definition) is 1. The van der Waals surface area contributed by atoms with Crippen molar-refractivity contribution in [3.05, 3.63) is 11.8 Å². The molecule has 1 aromatic heterocycles. The Morgan fingerprint density at radius 3 is 2.42 bits per heavy atom. The summed E-state index contributed by atoms with van der Waals surface area (Å²) in [7, 11) is 0. The van der Waals surface area contributed by atoms with Crippen LogP contribution in [0.2, 0.25) is 0 Å². The second-order valence-electron chi connectivity index (χ2n) is 2.60. The molecule has 0 saturated carbocycles. The largest absolute Gasteiger partial charge is 0.527 e. The number of aryl methyl sites for hydroxylation is 2. The highest BCUT2D eigenvalue weighted by atomic mass is 19.4. The summed E-state index contributed by atoms with van der Waals surface area (Å²) in [4.78, 5) is 0. The summed E-state index contributed by atoms with van der Waals surface area (Å²) < 4.78 is 38.0. The predicted molar refractivity (Wildman–Crippen MR) is 41.4 cm³/mol. The molecule has 0 saturated heterocycles. The highest BCUT2D eigenvalue weighted by molar-refractivity contribution is 6.73. The molecule has 0 fully saturated rings. The van der Waals surface area contributed by atoms with E-state index in [1.807, 2.05) is 0 Å². The van der Waals surface area contributed by atoms with Crippen molar-refractivity contribution in [2.45, 2.75) is 20.4 Å². The van der Waals surface area contributed by atoms with Gasteiger partial charge in [-0.05, 0) is 25.0 Å². The van der Waals surface area contributed by atoms with E-state index in [1.165, 1.54) is 13.1 Å². The van der Waals surface area contributed by atoms with Gasteiger partial charge in [0, 0.05) is 12.7 Å². The monoisotopic (exact) mass is 177 g/mol. The van der Waals surface area contributed by atoms with E-state index < -0.39 is 12.6 Å². The Balaban J connectivity index is 3.19. The molecule has 0 unspecified atom stereocenters. The van der Waals surface area contributed by atoms with Crippen LogP contribution in [0.1, 0.15) is 12.5 Å². The zero-order valence-corrected chi connectivity index (χ0v) is 6.89. The first kappa shape index (κ1) is 9.16. The van der Waals surface area contributed by atoms with Crippen LogP contribution in [0, 0.1) is 6.92 Å². The van der Waals surface area contributed by atoms with E-state index in [-0.39, 0.29) is 12.1 Å². The molecule has 0 atom stereocenters. The molecular formula is C6H9BF3N2-. The number of rotatable bonds is 2. The Morgan fingerprint density at radius 2 is 2.08 bits per heavy atom. The Hall–Kier alpha value is -0.935. The van der Waals surface area contributed by atoms with Crippen LogP contribution in [0.5, 0.6) is 0 Å². The van der Waals surface area contributed by atoms with Crippen molar-refractivity contribution in [3.8, 4) is 0 Å². The molecule has 0 aliphatic carbocycles. The zero-order chi connectivity index (χ0) is 9.35. The van der Waals surface area contributed by atoms with Crippen LogP contribution < -0.4 is 5.59 Å². The summed E-state index contributed by atoms with van der Waals surface area (Å²) in [6.07, 6.45) is 1.24. The van der Waals surface area contributed by atoms with E-state index in [2.05, 4.69) is 5.10 Å². The van der Waals surface area contributed by atoms with Gasteiger partial charge in [-0.25, -0.2) is 0 Å². The van der Waals surface area contributed by atoms with Gasteiger partial charge in [-0.3, -0.25) is 4.68 Å². The van der Waals surface area contributed by atoms with Gasteiger partial charge in [-0.1, -0.05) is 0 Å². The molecule has 0 amide bonds. The van der Waals surface area contributed by atoms with E-state index in [1.54, 1.807) is 6.92 Å². The number of nitrogens with zero attached hydrogens (tertiary/aromatic N) is 2. The van der Waals surface area contributed by atoms with Crippen molar-refractivity contribution < 1.29 is 12.9 Å². The Morgan fingerprint density at radius 1 is 1.50 bits per heavy atom. The minimum atomic E-state index is -4.92. The summed E-state index contributed by atoms with van der Waals surface area (Å²) in [5.74, 6) is 0. The Kier molecular flexibility index (Phi) is 2.17. The third-order valence-corrected chi connectivity index (χ3v) is 1.68. The van der Waals surface area contributed by atoms with Crippen molar-refractivity contribution in [2.24, 2.45) is 0 Å².